The van der Waals surface area contributed by atoms with Gasteiger partial charge in [-0.05, 0) is 33.6 Å². The minimum Gasteiger partial charge on any atom is -0.303 e. The summed E-state index contributed by atoms with van der Waals surface area (Å²) in [6.07, 6.45) is 12.6. The smallest absolute Gasteiger partial charge is 0.0575 e. The van der Waals surface area contributed by atoms with Crippen molar-refractivity contribution in [2.45, 2.75) is 52.5 Å². The Labute approximate surface area is 89.0 Å². The monoisotopic (exact) mass is 193 g/mol. The molecule has 80 valence electrons. The quantitative estimate of drug-likeness (QED) is 0.525. The average molecular weight is 193 g/mol. The first-order valence-corrected chi connectivity index (χ1v) is 5.47. The standard InChI is InChI=1S/C8H13N.C5H10/c1-2-7-9-8-5-3-4-6-8;1-4-5(2)3/h1,8-9H,3-7H2;4H,1-3H3. The molecular formula is C13H23N. The highest BCUT2D eigenvalue weighted by molar-refractivity contribution is 4.89. The zero-order valence-corrected chi connectivity index (χ0v) is 9.77. The van der Waals surface area contributed by atoms with E-state index in [-0.39, 0.29) is 0 Å². The number of hydrogen-bond donors (Lipinski definition) is 1. The summed E-state index contributed by atoms with van der Waals surface area (Å²) in [5.41, 5.74) is 1.38. The van der Waals surface area contributed by atoms with E-state index in [9.17, 15) is 0 Å². The maximum absolute atomic E-state index is 5.09. The molecule has 1 aliphatic carbocycles. The summed E-state index contributed by atoms with van der Waals surface area (Å²) in [5, 5.41) is 3.30. The van der Waals surface area contributed by atoms with Gasteiger partial charge >= 0.3 is 0 Å². The highest BCUT2D eigenvalue weighted by atomic mass is 14.9. The average Bonchev–Trinajstić information content (AvgIpc) is 2.68. The van der Waals surface area contributed by atoms with Crippen LogP contribution in [0.25, 0.3) is 0 Å². The van der Waals surface area contributed by atoms with Crippen molar-refractivity contribution in [3.63, 3.8) is 0 Å². The lowest BCUT2D eigenvalue weighted by atomic mass is 10.2. The fraction of sp³-hybridized carbons (Fsp3) is 0.692. The van der Waals surface area contributed by atoms with Gasteiger partial charge in [-0.2, -0.15) is 0 Å². The molecule has 0 amide bonds. The van der Waals surface area contributed by atoms with Crippen LogP contribution in [-0.2, 0) is 0 Å². The molecule has 1 N–H and O–H groups in total. The Morgan fingerprint density at radius 1 is 1.43 bits per heavy atom. The minimum absolute atomic E-state index is 0.723. The second-order valence-electron chi connectivity index (χ2n) is 3.93. The predicted molar refractivity (Wildman–Crippen MR) is 64.2 cm³/mol. The molecular weight excluding hydrogens is 170 g/mol. The third-order valence-electron chi connectivity index (χ3n) is 2.43. The van der Waals surface area contributed by atoms with Crippen molar-refractivity contribution in [1.29, 1.82) is 0 Å². The number of rotatable bonds is 2. The maximum atomic E-state index is 5.09. The lowest BCUT2D eigenvalue weighted by molar-refractivity contribution is 0.561. The Morgan fingerprint density at radius 2 is 1.93 bits per heavy atom. The normalized spacial score (nSPS) is 15.3. The molecule has 0 aliphatic heterocycles. The summed E-state index contributed by atoms with van der Waals surface area (Å²) in [4.78, 5) is 0. The van der Waals surface area contributed by atoms with Crippen LogP contribution in [0, 0.1) is 12.3 Å². The van der Waals surface area contributed by atoms with Gasteiger partial charge in [0.2, 0.25) is 0 Å². The predicted octanol–water partition coefficient (Wildman–Crippen LogP) is 3.12. The van der Waals surface area contributed by atoms with Gasteiger partial charge in [0, 0.05) is 6.04 Å². The highest BCUT2D eigenvalue weighted by Crippen LogP contribution is 2.16. The number of nitrogens with one attached hydrogen (secondary N) is 1. The Hall–Kier alpha value is -0.740. The molecule has 0 saturated heterocycles. The van der Waals surface area contributed by atoms with Crippen LogP contribution >= 0.6 is 0 Å². The molecule has 0 unspecified atom stereocenters. The van der Waals surface area contributed by atoms with E-state index in [1.54, 1.807) is 0 Å². The van der Waals surface area contributed by atoms with Gasteiger partial charge in [-0.1, -0.05) is 30.4 Å². The molecule has 0 aromatic rings. The number of allylic oxidation sites excluding steroid dienone is 2. The van der Waals surface area contributed by atoms with Crippen molar-refractivity contribution < 1.29 is 0 Å². The third kappa shape index (κ3) is 7.89. The van der Waals surface area contributed by atoms with Gasteiger partial charge in [0.05, 0.1) is 6.54 Å². The van der Waals surface area contributed by atoms with Crippen LogP contribution in [0.15, 0.2) is 11.6 Å². The van der Waals surface area contributed by atoms with Crippen molar-refractivity contribution in [3.05, 3.63) is 11.6 Å². The van der Waals surface area contributed by atoms with Crippen LogP contribution < -0.4 is 5.32 Å². The largest absolute Gasteiger partial charge is 0.303 e. The maximum Gasteiger partial charge on any atom is 0.0575 e. The van der Waals surface area contributed by atoms with E-state index in [4.69, 9.17) is 6.42 Å². The first-order chi connectivity index (χ1) is 6.70. The van der Waals surface area contributed by atoms with Gasteiger partial charge in [-0.15, -0.1) is 6.42 Å². The van der Waals surface area contributed by atoms with E-state index in [1.807, 2.05) is 6.92 Å². The summed E-state index contributed by atoms with van der Waals surface area (Å²) < 4.78 is 0. The molecule has 1 saturated carbocycles. The SMILES string of the molecule is C#CCNC1CCCC1.CC=C(C)C. The van der Waals surface area contributed by atoms with E-state index in [2.05, 4.69) is 31.2 Å². The molecule has 0 aromatic carbocycles. The third-order valence-corrected chi connectivity index (χ3v) is 2.43. The topological polar surface area (TPSA) is 12.0 Å². The van der Waals surface area contributed by atoms with E-state index < -0.39 is 0 Å². The molecule has 0 bridgehead atoms. The molecule has 0 radical (unpaired) electrons. The van der Waals surface area contributed by atoms with Crippen molar-refractivity contribution in [2.75, 3.05) is 6.54 Å². The molecule has 0 aromatic heterocycles. The summed E-state index contributed by atoms with van der Waals surface area (Å²) in [5.74, 6) is 2.58. The second kappa shape index (κ2) is 8.84. The Bertz CT molecular complexity index is 188. The Kier molecular flexibility index (Phi) is 8.37. The molecule has 0 spiro atoms. The van der Waals surface area contributed by atoms with Gasteiger partial charge in [-0.25, -0.2) is 0 Å². The molecule has 0 atom stereocenters. The molecule has 14 heavy (non-hydrogen) atoms. The van der Waals surface area contributed by atoms with Gasteiger partial charge in [-0.3, -0.25) is 0 Å². The Morgan fingerprint density at radius 3 is 2.29 bits per heavy atom. The van der Waals surface area contributed by atoms with Crippen LogP contribution in [-0.4, -0.2) is 12.6 Å². The zero-order chi connectivity index (χ0) is 10.8. The zero-order valence-electron chi connectivity index (χ0n) is 9.77. The lowest BCUT2D eigenvalue weighted by Gasteiger charge is -2.06. The van der Waals surface area contributed by atoms with Crippen LogP contribution in [0.4, 0.5) is 0 Å². The second-order valence-corrected chi connectivity index (χ2v) is 3.93. The van der Waals surface area contributed by atoms with Gasteiger partial charge < -0.3 is 5.32 Å². The van der Waals surface area contributed by atoms with Crippen LogP contribution in [0.2, 0.25) is 0 Å². The van der Waals surface area contributed by atoms with Crippen molar-refractivity contribution in [3.8, 4) is 12.3 Å². The number of hydrogen-bond acceptors (Lipinski definition) is 1. The molecule has 0 heterocycles. The first kappa shape index (κ1) is 13.3. The van der Waals surface area contributed by atoms with E-state index in [0.29, 0.717) is 0 Å². The van der Waals surface area contributed by atoms with Gasteiger partial charge in [0.25, 0.3) is 0 Å². The van der Waals surface area contributed by atoms with E-state index in [0.717, 1.165) is 12.6 Å². The molecule has 1 nitrogen and oxygen atoms in total. The summed E-state index contributed by atoms with van der Waals surface area (Å²) in [6, 6.07) is 0.723. The molecule has 1 rings (SSSR count). The van der Waals surface area contributed by atoms with Gasteiger partial charge in [0.15, 0.2) is 0 Å². The minimum atomic E-state index is 0.723. The fourth-order valence-electron chi connectivity index (χ4n) is 1.33. The van der Waals surface area contributed by atoms with Gasteiger partial charge in [0.1, 0.15) is 0 Å². The first-order valence-electron chi connectivity index (χ1n) is 5.47. The molecule has 1 aliphatic rings. The van der Waals surface area contributed by atoms with Crippen LogP contribution in [0.1, 0.15) is 46.5 Å². The molecule has 1 heteroatoms. The lowest BCUT2D eigenvalue weighted by Crippen LogP contribution is -2.25. The van der Waals surface area contributed by atoms with Crippen molar-refractivity contribution in [2.24, 2.45) is 0 Å². The fourth-order valence-corrected chi connectivity index (χ4v) is 1.33. The Balaban J connectivity index is 0.000000292. The van der Waals surface area contributed by atoms with Crippen molar-refractivity contribution >= 4 is 0 Å². The van der Waals surface area contributed by atoms with Crippen LogP contribution in [0.5, 0.6) is 0 Å². The highest BCUT2D eigenvalue weighted by Gasteiger charge is 2.12. The van der Waals surface area contributed by atoms with Crippen LogP contribution in [0.3, 0.4) is 0 Å². The summed E-state index contributed by atoms with van der Waals surface area (Å²) in [6.45, 7) is 6.94. The number of terminal acetylenes is 1. The van der Waals surface area contributed by atoms with Crippen molar-refractivity contribution in [1.82, 2.24) is 5.32 Å². The molecule has 1 fully saturated rings. The van der Waals surface area contributed by atoms with E-state index in [1.165, 1.54) is 31.3 Å². The summed E-state index contributed by atoms with van der Waals surface area (Å²) >= 11 is 0. The summed E-state index contributed by atoms with van der Waals surface area (Å²) in [7, 11) is 0. The van der Waals surface area contributed by atoms with E-state index >= 15 is 0 Å².